The monoisotopic (exact) mass is 364 g/mol. The molecule has 0 bridgehead atoms. The van der Waals surface area contributed by atoms with Crippen molar-refractivity contribution in [2.45, 2.75) is 10.6 Å². The Labute approximate surface area is 146 Å². The highest BCUT2D eigenvalue weighted by Gasteiger charge is 2.32. The maximum Gasteiger partial charge on any atom is 0.252 e. The normalized spacial score (nSPS) is 19.5. The third-order valence-electron chi connectivity index (χ3n) is 3.90. The van der Waals surface area contributed by atoms with Crippen molar-refractivity contribution in [3.63, 3.8) is 0 Å². The average molecular weight is 364 g/mol. The van der Waals surface area contributed by atoms with Crippen LogP contribution in [0.15, 0.2) is 57.0 Å². The molecule has 1 aliphatic rings. The van der Waals surface area contributed by atoms with Crippen LogP contribution in [0.4, 0.5) is 5.69 Å². The number of nitrogens with zero attached hydrogens (tertiary/aromatic N) is 2. The van der Waals surface area contributed by atoms with Gasteiger partial charge in [0.2, 0.25) is 0 Å². The molecule has 1 atom stereocenters. The highest BCUT2D eigenvalue weighted by Crippen LogP contribution is 2.27. The summed E-state index contributed by atoms with van der Waals surface area (Å²) in [6.07, 6.45) is 0.798. The third kappa shape index (κ3) is 3.95. The van der Waals surface area contributed by atoms with E-state index in [4.69, 9.17) is 5.73 Å². The molecule has 1 aromatic heterocycles. The van der Waals surface area contributed by atoms with E-state index in [2.05, 4.69) is 10.3 Å². The van der Waals surface area contributed by atoms with Gasteiger partial charge < -0.3 is 11.1 Å². The fourth-order valence-electron chi connectivity index (χ4n) is 2.64. The lowest BCUT2D eigenvalue weighted by Gasteiger charge is -2.14. The van der Waals surface area contributed by atoms with E-state index in [9.17, 15) is 8.42 Å². The standard InChI is InChI=1S/C16H20N4O2S2/c17-16(19-14-5-2-1-3-6-14)18-11-13-8-9-20(12-13)24(21,22)15-7-4-10-23-15/h1-7,10,13H,8-9,11-12H2,(H3,17,18,19). The number of hydrogen-bond acceptors (Lipinski definition) is 4. The van der Waals surface area contributed by atoms with Gasteiger partial charge >= 0.3 is 0 Å². The van der Waals surface area contributed by atoms with E-state index in [-0.39, 0.29) is 5.92 Å². The topological polar surface area (TPSA) is 87.8 Å². The zero-order valence-electron chi connectivity index (χ0n) is 13.1. The molecular weight excluding hydrogens is 344 g/mol. The lowest BCUT2D eigenvalue weighted by Crippen LogP contribution is -2.29. The smallest absolute Gasteiger partial charge is 0.252 e. The fraction of sp³-hybridized carbons (Fsp3) is 0.312. The zero-order chi connectivity index (χ0) is 17.0. The van der Waals surface area contributed by atoms with Crippen LogP contribution >= 0.6 is 11.3 Å². The third-order valence-corrected chi connectivity index (χ3v) is 7.14. The van der Waals surface area contributed by atoms with Gasteiger partial charge in [0, 0.05) is 25.3 Å². The van der Waals surface area contributed by atoms with Crippen LogP contribution in [0.1, 0.15) is 6.42 Å². The first-order valence-electron chi connectivity index (χ1n) is 7.71. The number of anilines is 1. The lowest BCUT2D eigenvalue weighted by molar-refractivity contribution is 0.461. The second kappa shape index (κ2) is 7.33. The summed E-state index contributed by atoms with van der Waals surface area (Å²) in [5.74, 6) is 0.539. The van der Waals surface area contributed by atoms with Gasteiger partial charge in [0.15, 0.2) is 5.96 Å². The van der Waals surface area contributed by atoms with Gasteiger partial charge in [-0.05, 0) is 35.9 Å². The molecule has 0 aliphatic carbocycles. The molecule has 2 heterocycles. The minimum absolute atomic E-state index is 0.191. The first-order chi connectivity index (χ1) is 11.6. The largest absolute Gasteiger partial charge is 0.370 e. The minimum atomic E-state index is -3.36. The molecule has 8 heteroatoms. The molecule has 3 rings (SSSR count). The lowest BCUT2D eigenvalue weighted by atomic mass is 10.1. The van der Waals surface area contributed by atoms with Crippen LogP contribution in [-0.4, -0.2) is 38.3 Å². The van der Waals surface area contributed by atoms with Crippen molar-refractivity contribution >= 4 is 33.0 Å². The van der Waals surface area contributed by atoms with Crippen LogP contribution in [0.3, 0.4) is 0 Å². The van der Waals surface area contributed by atoms with Gasteiger partial charge in [0.25, 0.3) is 10.0 Å². The van der Waals surface area contributed by atoms with Crippen molar-refractivity contribution < 1.29 is 8.42 Å². The molecule has 24 heavy (non-hydrogen) atoms. The Morgan fingerprint density at radius 1 is 1.29 bits per heavy atom. The van der Waals surface area contributed by atoms with E-state index in [1.54, 1.807) is 21.8 Å². The molecule has 0 radical (unpaired) electrons. The Balaban J connectivity index is 1.56. The minimum Gasteiger partial charge on any atom is -0.370 e. The van der Waals surface area contributed by atoms with Gasteiger partial charge in [-0.3, -0.25) is 4.99 Å². The van der Waals surface area contributed by atoms with E-state index >= 15 is 0 Å². The van der Waals surface area contributed by atoms with Gasteiger partial charge in [-0.25, -0.2) is 8.42 Å². The van der Waals surface area contributed by atoms with E-state index in [1.165, 1.54) is 11.3 Å². The molecular formula is C16H20N4O2S2. The Bertz CT molecular complexity index is 789. The number of nitrogens with one attached hydrogen (secondary N) is 1. The second-order valence-corrected chi connectivity index (χ2v) is 8.78. The van der Waals surface area contributed by atoms with Crippen LogP contribution in [-0.2, 0) is 10.0 Å². The number of nitrogens with two attached hydrogens (primary N) is 1. The van der Waals surface area contributed by atoms with Gasteiger partial charge in [0.05, 0.1) is 0 Å². The van der Waals surface area contributed by atoms with E-state index in [0.717, 1.165) is 12.1 Å². The molecule has 1 saturated heterocycles. The van der Waals surface area contributed by atoms with Crippen molar-refractivity contribution in [1.82, 2.24) is 4.31 Å². The Hall–Kier alpha value is -1.90. The summed E-state index contributed by atoms with van der Waals surface area (Å²) in [4.78, 5) is 4.35. The molecule has 1 unspecified atom stereocenters. The van der Waals surface area contributed by atoms with Crippen molar-refractivity contribution in [1.29, 1.82) is 0 Å². The number of sulfonamides is 1. The van der Waals surface area contributed by atoms with Gasteiger partial charge in [-0.15, -0.1) is 11.3 Å². The molecule has 6 nitrogen and oxygen atoms in total. The molecule has 1 aromatic carbocycles. The number of hydrogen-bond donors (Lipinski definition) is 2. The van der Waals surface area contributed by atoms with E-state index in [1.807, 2.05) is 30.3 Å². The van der Waals surface area contributed by atoms with Crippen molar-refractivity contribution in [3.8, 4) is 0 Å². The molecule has 1 fully saturated rings. The summed E-state index contributed by atoms with van der Waals surface area (Å²) in [6, 6.07) is 13.0. The molecule has 128 valence electrons. The van der Waals surface area contributed by atoms with Crippen LogP contribution in [0, 0.1) is 5.92 Å². The molecule has 3 N–H and O–H groups in total. The first kappa shape index (κ1) is 16.9. The summed E-state index contributed by atoms with van der Waals surface area (Å²) in [6.45, 7) is 1.54. The highest BCUT2D eigenvalue weighted by molar-refractivity contribution is 7.91. The van der Waals surface area contributed by atoms with Gasteiger partial charge in [0.1, 0.15) is 4.21 Å². The summed E-state index contributed by atoms with van der Waals surface area (Å²) in [5, 5.41) is 4.81. The number of rotatable bonds is 5. The van der Waals surface area contributed by atoms with Crippen molar-refractivity contribution in [3.05, 3.63) is 47.8 Å². The summed E-state index contributed by atoms with van der Waals surface area (Å²) < 4.78 is 26.9. The summed E-state index contributed by atoms with van der Waals surface area (Å²) >= 11 is 1.25. The number of para-hydroxylation sites is 1. The SMILES string of the molecule is NC(=NCC1CCN(S(=O)(=O)c2cccs2)C1)Nc1ccccc1. The molecule has 2 aromatic rings. The van der Waals surface area contributed by atoms with Crippen LogP contribution in [0.25, 0.3) is 0 Å². The van der Waals surface area contributed by atoms with Crippen LogP contribution < -0.4 is 11.1 Å². The molecule has 0 saturated carbocycles. The Kier molecular flexibility index (Phi) is 5.17. The molecule has 0 spiro atoms. The second-order valence-electron chi connectivity index (χ2n) is 5.67. The number of guanidine groups is 1. The summed E-state index contributed by atoms with van der Waals surface area (Å²) in [5.41, 5.74) is 6.77. The Morgan fingerprint density at radius 3 is 2.79 bits per heavy atom. The fourth-order valence-corrected chi connectivity index (χ4v) is 5.31. The maximum absolute atomic E-state index is 12.5. The van der Waals surface area contributed by atoms with Crippen molar-refractivity contribution in [2.75, 3.05) is 25.0 Å². The molecule has 0 amide bonds. The average Bonchev–Trinajstić information content (AvgIpc) is 3.26. The number of benzene rings is 1. The summed E-state index contributed by atoms with van der Waals surface area (Å²) in [7, 11) is -3.36. The van der Waals surface area contributed by atoms with Crippen molar-refractivity contribution in [2.24, 2.45) is 16.6 Å². The Morgan fingerprint density at radius 2 is 2.08 bits per heavy atom. The first-order valence-corrected chi connectivity index (χ1v) is 10.0. The number of thiophene rings is 1. The zero-order valence-corrected chi connectivity index (χ0v) is 14.8. The van der Waals surface area contributed by atoms with Crippen LogP contribution in [0.5, 0.6) is 0 Å². The number of aliphatic imine (C=N–C) groups is 1. The molecule has 1 aliphatic heterocycles. The van der Waals surface area contributed by atoms with E-state index in [0.29, 0.717) is 29.8 Å². The van der Waals surface area contributed by atoms with Gasteiger partial charge in [-0.2, -0.15) is 4.31 Å². The predicted molar refractivity (Wildman–Crippen MR) is 97.7 cm³/mol. The van der Waals surface area contributed by atoms with E-state index < -0.39 is 10.0 Å². The van der Waals surface area contributed by atoms with Gasteiger partial charge in [-0.1, -0.05) is 24.3 Å². The predicted octanol–water partition coefficient (Wildman–Crippen LogP) is 2.19. The van der Waals surface area contributed by atoms with Crippen LogP contribution in [0.2, 0.25) is 0 Å². The highest BCUT2D eigenvalue weighted by atomic mass is 32.2. The quantitative estimate of drug-likeness (QED) is 0.629. The maximum atomic E-state index is 12.5.